The molecular weight excluding hydrogens is 160 g/mol. The van der Waals surface area contributed by atoms with E-state index < -0.39 is 4.92 Å². The van der Waals surface area contributed by atoms with Gasteiger partial charge in [-0.3, -0.25) is 10.1 Å². The molecule has 0 fully saturated rings. The van der Waals surface area contributed by atoms with Crippen molar-refractivity contribution in [2.75, 3.05) is 0 Å². The highest BCUT2D eigenvalue weighted by molar-refractivity contribution is 5.84. The second-order valence-electron chi connectivity index (χ2n) is 2.06. The van der Waals surface area contributed by atoms with Crippen LogP contribution in [0.3, 0.4) is 0 Å². The van der Waals surface area contributed by atoms with E-state index in [2.05, 4.69) is 5.16 Å². The molecule has 62 valence electrons. The molecule has 0 aliphatic rings. The Hall–Kier alpha value is -1.91. The van der Waals surface area contributed by atoms with Crippen LogP contribution in [0.5, 0.6) is 0 Å². The third-order valence-corrected chi connectivity index (χ3v) is 1.33. The van der Waals surface area contributed by atoms with Crippen molar-refractivity contribution in [1.82, 2.24) is 0 Å². The second-order valence-corrected chi connectivity index (χ2v) is 2.06. The highest BCUT2D eigenvalue weighted by atomic mass is 16.6. The summed E-state index contributed by atoms with van der Waals surface area (Å²) in [6, 6.07) is 6.02. The average Bonchev–Trinajstić information content (AvgIpc) is 2.05. The van der Waals surface area contributed by atoms with Crippen LogP contribution in [-0.4, -0.2) is 16.3 Å². The fraction of sp³-hybridized carbons (Fsp3) is 0. The molecule has 0 aromatic heterocycles. The molecule has 1 aromatic carbocycles. The molecule has 0 heterocycles. The molecule has 0 aliphatic carbocycles. The van der Waals surface area contributed by atoms with Gasteiger partial charge in [0.25, 0.3) is 5.69 Å². The van der Waals surface area contributed by atoms with E-state index in [0.29, 0.717) is 0 Å². The second kappa shape index (κ2) is 3.47. The lowest BCUT2D eigenvalue weighted by Crippen LogP contribution is -1.93. The van der Waals surface area contributed by atoms with Crippen molar-refractivity contribution in [3.63, 3.8) is 0 Å². The van der Waals surface area contributed by atoms with Gasteiger partial charge < -0.3 is 5.21 Å². The summed E-state index contributed by atoms with van der Waals surface area (Å²) in [7, 11) is 0. The summed E-state index contributed by atoms with van der Waals surface area (Å²) in [5.41, 5.74) is 0.209. The number of hydrogen-bond acceptors (Lipinski definition) is 4. The summed E-state index contributed by atoms with van der Waals surface area (Å²) in [5, 5.41) is 21.3. The molecule has 5 heteroatoms. The molecule has 0 unspecified atom stereocenters. The summed E-state index contributed by atoms with van der Waals surface area (Å²) in [6.45, 7) is 0. The van der Waals surface area contributed by atoms with Gasteiger partial charge in [0, 0.05) is 6.07 Å². The molecule has 0 atom stereocenters. The number of hydrogen-bond donors (Lipinski definition) is 1. The van der Waals surface area contributed by atoms with Crippen molar-refractivity contribution in [3.8, 4) is 0 Å². The third-order valence-electron chi connectivity index (χ3n) is 1.33. The molecule has 0 amide bonds. The molecule has 0 saturated heterocycles. The minimum absolute atomic E-state index is 0.0738. The fourth-order valence-electron chi connectivity index (χ4n) is 0.825. The number of nitro benzene ring substituents is 1. The molecule has 12 heavy (non-hydrogen) atoms. The van der Waals surface area contributed by atoms with Crippen LogP contribution in [-0.2, 0) is 0 Å². The molecule has 0 spiro atoms. The predicted octanol–water partition coefficient (Wildman–Crippen LogP) is 1.40. The summed E-state index contributed by atoms with van der Waals surface area (Å²) in [4.78, 5) is 9.83. The van der Waals surface area contributed by atoms with Crippen molar-refractivity contribution < 1.29 is 10.1 Å². The van der Waals surface area contributed by atoms with E-state index in [0.717, 1.165) is 6.21 Å². The van der Waals surface area contributed by atoms with Gasteiger partial charge in [0.05, 0.1) is 16.7 Å². The van der Waals surface area contributed by atoms with Gasteiger partial charge in [-0.25, -0.2) is 0 Å². The van der Waals surface area contributed by atoms with Gasteiger partial charge in [0.15, 0.2) is 0 Å². The predicted molar refractivity (Wildman–Crippen MR) is 42.5 cm³/mol. The maximum atomic E-state index is 10.4. The highest BCUT2D eigenvalue weighted by Crippen LogP contribution is 2.14. The van der Waals surface area contributed by atoms with E-state index >= 15 is 0 Å². The smallest absolute Gasteiger partial charge is 0.278 e. The fourth-order valence-corrected chi connectivity index (χ4v) is 0.825. The zero-order valence-electron chi connectivity index (χ0n) is 6.04. The van der Waals surface area contributed by atoms with Crippen LogP contribution in [0.15, 0.2) is 29.4 Å². The van der Waals surface area contributed by atoms with Crippen molar-refractivity contribution in [3.05, 3.63) is 39.9 Å². The van der Waals surface area contributed by atoms with Crippen LogP contribution in [0.1, 0.15) is 5.56 Å². The Labute approximate surface area is 68.1 Å². The van der Waals surface area contributed by atoms with Crippen molar-refractivity contribution >= 4 is 11.9 Å². The Morgan fingerprint density at radius 1 is 1.50 bits per heavy atom. The van der Waals surface area contributed by atoms with Gasteiger partial charge in [-0.2, -0.15) is 0 Å². The molecular formula is C7H6N2O3. The van der Waals surface area contributed by atoms with Gasteiger partial charge in [0.1, 0.15) is 0 Å². The first-order valence-electron chi connectivity index (χ1n) is 3.16. The maximum Gasteiger partial charge on any atom is 0.278 e. The normalized spacial score (nSPS) is 10.3. The number of benzene rings is 1. The molecule has 1 rings (SSSR count). The van der Waals surface area contributed by atoms with Crippen LogP contribution in [0.2, 0.25) is 0 Å². The number of rotatable bonds is 2. The van der Waals surface area contributed by atoms with Crippen LogP contribution in [0.4, 0.5) is 5.69 Å². The summed E-state index contributed by atoms with van der Waals surface area (Å²) in [5.74, 6) is 0. The van der Waals surface area contributed by atoms with Crippen LogP contribution in [0, 0.1) is 10.1 Å². The lowest BCUT2D eigenvalue weighted by molar-refractivity contribution is -0.385. The molecule has 5 nitrogen and oxygen atoms in total. The first-order valence-corrected chi connectivity index (χ1v) is 3.16. The Morgan fingerprint density at radius 3 is 2.75 bits per heavy atom. The lowest BCUT2D eigenvalue weighted by Gasteiger charge is -1.93. The van der Waals surface area contributed by atoms with Crippen molar-refractivity contribution in [2.45, 2.75) is 0 Å². The van der Waals surface area contributed by atoms with Crippen molar-refractivity contribution in [1.29, 1.82) is 0 Å². The van der Waals surface area contributed by atoms with E-state index in [4.69, 9.17) is 5.21 Å². The van der Waals surface area contributed by atoms with E-state index in [1.54, 1.807) is 12.1 Å². The Balaban J connectivity index is 3.17. The number of oxime groups is 1. The molecule has 1 N–H and O–H groups in total. The third kappa shape index (κ3) is 1.57. The highest BCUT2D eigenvalue weighted by Gasteiger charge is 2.09. The largest absolute Gasteiger partial charge is 0.411 e. The van der Waals surface area contributed by atoms with E-state index in [9.17, 15) is 10.1 Å². The number of nitro groups is 1. The first-order chi connectivity index (χ1) is 5.75. The maximum absolute atomic E-state index is 10.4. The van der Waals surface area contributed by atoms with Crippen LogP contribution in [0.25, 0.3) is 0 Å². The topological polar surface area (TPSA) is 75.7 Å². The zero-order chi connectivity index (χ0) is 8.97. The Bertz CT molecular complexity index is 322. The Kier molecular flexibility index (Phi) is 2.37. The SMILES string of the molecule is O=[N+]([O-])c1ccccc1/C=N/O. The minimum Gasteiger partial charge on any atom is -0.411 e. The molecule has 0 bridgehead atoms. The molecule has 0 aliphatic heterocycles. The minimum atomic E-state index is -0.531. The van der Waals surface area contributed by atoms with Gasteiger partial charge in [-0.15, -0.1) is 0 Å². The van der Waals surface area contributed by atoms with Gasteiger partial charge >= 0.3 is 0 Å². The lowest BCUT2D eigenvalue weighted by atomic mass is 10.2. The van der Waals surface area contributed by atoms with Gasteiger partial charge in [-0.05, 0) is 6.07 Å². The van der Waals surface area contributed by atoms with Crippen LogP contribution >= 0.6 is 0 Å². The van der Waals surface area contributed by atoms with E-state index in [1.807, 2.05) is 0 Å². The quantitative estimate of drug-likeness (QED) is 0.312. The van der Waals surface area contributed by atoms with E-state index in [-0.39, 0.29) is 11.3 Å². The molecule has 0 radical (unpaired) electrons. The van der Waals surface area contributed by atoms with Gasteiger partial charge in [-0.1, -0.05) is 17.3 Å². The standard InChI is InChI=1S/C7H6N2O3/c10-8-5-6-3-1-2-4-7(6)9(11)12/h1-5,10H/b8-5+. The van der Waals surface area contributed by atoms with Crippen molar-refractivity contribution in [2.24, 2.45) is 5.16 Å². The van der Waals surface area contributed by atoms with Gasteiger partial charge in [0.2, 0.25) is 0 Å². The Morgan fingerprint density at radius 2 is 2.17 bits per heavy atom. The summed E-state index contributed by atoms with van der Waals surface area (Å²) >= 11 is 0. The molecule has 0 saturated carbocycles. The monoisotopic (exact) mass is 166 g/mol. The van der Waals surface area contributed by atoms with E-state index in [1.165, 1.54) is 12.1 Å². The van der Waals surface area contributed by atoms with Crippen LogP contribution < -0.4 is 0 Å². The first kappa shape index (κ1) is 8.19. The number of nitrogens with zero attached hydrogens (tertiary/aromatic N) is 2. The average molecular weight is 166 g/mol. The molecule has 1 aromatic rings. The number of para-hydroxylation sites is 1. The summed E-state index contributed by atoms with van der Waals surface area (Å²) in [6.07, 6.45) is 1.03. The summed E-state index contributed by atoms with van der Waals surface area (Å²) < 4.78 is 0. The zero-order valence-corrected chi connectivity index (χ0v) is 6.04.